The number of rotatable bonds is 6. The molecule has 0 saturated carbocycles. The Morgan fingerprint density at radius 2 is 1.64 bits per heavy atom. The average Bonchev–Trinajstić information content (AvgIpc) is 3.12. The molecule has 3 aromatic carbocycles. The molecular formula is C24H21ClF3N3O2. The lowest BCUT2D eigenvalue weighted by atomic mass is 10.0. The van der Waals surface area contributed by atoms with E-state index in [1.54, 1.807) is 59.5 Å². The quantitative estimate of drug-likeness (QED) is 0.469. The molecule has 5 nitrogen and oxygen atoms in total. The van der Waals surface area contributed by atoms with Crippen molar-refractivity contribution < 1.29 is 22.7 Å². The van der Waals surface area contributed by atoms with Crippen LogP contribution in [0.15, 0.2) is 72.8 Å². The molecule has 1 heterocycles. The fraction of sp³-hybridized carbons (Fsp3) is 0.208. The Hall–Kier alpha value is -3.23. The van der Waals surface area contributed by atoms with Gasteiger partial charge in [0.25, 0.3) is 0 Å². The van der Waals surface area contributed by atoms with Crippen molar-refractivity contribution in [2.24, 2.45) is 5.73 Å². The van der Waals surface area contributed by atoms with Gasteiger partial charge in [0.2, 0.25) is 0 Å². The number of nitrogens with zero attached hydrogens (tertiary/aromatic N) is 2. The Morgan fingerprint density at radius 3 is 2.24 bits per heavy atom. The Morgan fingerprint density at radius 1 is 1.00 bits per heavy atom. The molecule has 9 heteroatoms. The number of carbonyl (C=O) groups is 1. The van der Waals surface area contributed by atoms with Gasteiger partial charge in [0.05, 0.1) is 11.6 Å². The first-order chi connectivity index (χ1) is 15.8. The van der Waals surface area contributed by atoms with Crippen LogP contribution in [0, 0.1) is 0 Å². The highest BCUT2D eigenvalue weighted by Gasteiger charge is 2.40. The van der Waals surface area contributed by atoms with E-state index in [0.717, 1.165) is 12.1 Å². The number of anilines is 1. The molecule has 172 valence electrons. The van der Waals surface area contributed by atoms with Crippen molar-refractivity contribution >= 4 is 23.3 Å². The van der Waals surface area contributed by atoms with E-state index in [2.05, 4.69) is 0 Å². The Kier molecular flexibility index (Phi) is 6.49. The van der Waals surface area contributed by atoms with E-state index in [4.69, 9.17) is 22.1 Å². The van der Waals surface area contributed by atoms with Gasteiger partial charge >= 0.3 is 12.2 Å². The largest absolute Gasteiger partial charge is 0.457 e. The van der Waals surface area contributed by atoms with Crippen molar-refractivity contribution in [2.45, 2.75) is 12.2 Å². The van der Waals surface area contributed by atoms with Crippen LogP contribution in [0.25, 0.3) is 0 Å². The van der Waals surface area contributed by atoms with Gasteiger partial charge in [-0.2, -0.15) is 13.2 Å². The molecular weight excluding hydrogens is 455 g/mol. The fourth-order valence-electron chi connectivity index (χ4n) is 3.78. The summed E-state index contributed by atoms with van der Waals surface area (Å²) >= 11 is 5.89. The van der Waals surface area contributed by atoms with Crippen molar-refractivity contribution in [3.63, 3.8) is 0 Å². The number of alkyl halides is 3. The number of carbonyl (C=O) groups excluding carboxylic acids is 1. The number of benzene rings is 3. The van der Waals surface area contributed by atoms with Crippen LogP contribution >= 0.6 is 11.6 Å². The third kappa shape index (κ3) is 5.07. The van der Waals surface area contributed by atoms with E-state index >= 15 is 0 Å². The Bertz CT molecular complexity index is 1120. The number of nitrogens with two attached hydrogens (primary N) is 1. The van der Waals surface area contributed by atoms with E-state index in [9.17, 15) is 18.0 Å². The van der Waals surface area contributed by atoms with Gasteiger partial charge in [-0.05, 0) is 66.2 Å². The first kappa shape index (κ1) is 22.9. The summed E-state index contributed by atoms with van der Waals surface area (Å²) in [5.74, 6) is 1.14. The maximum absolute atomic E-state index is 13.3. The molecule has 3 aromatic rings. The first-order valence-electron chi connectivity index (χ1n) is 10.2. The van der Waals surface area contributed by atoms with Crippen LogP contribution in [-0.2, 0) is 6.18 Å². The van der Waals surface area contributed by atoms with Crippen LogP contribution in [0.4, 0.5) is 23.7 Å². The molecule has 0 spiro atoms. The maximum Gasteiger partial charge on any atom is 0.416 e. The lowest BCUT2D eigenvalue weighted by molar-refractivity contribution is -0.137. The standard InChI is InChI=1S/C24H21ClF3N3O2/c25-18-4-8-20(9-5-18)33-21-10-6-19(7-11-21)31-22(15-30(13-12-29)23(31)32)16-2-1-3-17(14-16)24(26,27)28/h1-11,14,22H,12-13,15,29H2. The van der Waals surface area contributed by atoms with Crippen molar-refractivity contribution in [3.05, 3.63) is 88.9 Å². The van der Waals surface area contributed by atoms with Gasteiger partial charge in [-0.3, -0.25) is 4.90 Å². The number of amides is 2. The number of hydrogen-bond acceptors (Lipinski definition) is 3. The summed E-state index contributed by atoms with van der Waals surface area (Å²) in [7, 11) is 0. The third-order valence-corrected chi connectivity index (χ3v) is 5.60. The number of ether oxygens (including phenoxy) is 1. The minimum Gasteiger partial charge on any atom is -0.457 e. The van der Waals surface area contributed by atoms with Crippen LogP contribution < -0.4 is 15.4 Å². The molecule has 1 fully saturated rings. The molecule has 1 atom stereocenters. The molecule has 1 saturated heterocycles. The summed E-state index contributed by atoms with van der Waals surface area (Å²) in [4.78, 5) is 16.1. The second-order valence-electron chi connectivity index (χ2n) is 7.58. The van der Waals surface area contributed by atoms with E-state index in [1.165, 1.54) is 11.0 Å². The molecule has 2 amide bonds. The lowest BCUT2D eigenvalue weighted by Crippen LogP contribution is -2.35. The zero-order chi connectivity index (χ0) is 23.6. The molecule has 1 aliphatic heterocycles. The first-order valence-corrected chi connectivity index (χ1v) is 10.6. The summed E-state index contributed by atoms with van der Waals surface area (Å²) in [6.45, 7) is 0.797. The van der Waals surface area contributed by atoms with Crippen molar-refractivity contribution in [1.82, 2.24) is 4.90 Å². The summed E-state index contributed by atoms with van der Waals surface area (Å²) < 4.78 is 45.6. The lowest BCUT2D eigenvalue weighted by Gasteiger charge is -2.24. The van der Waals surface area contributed by atoms with E-state index in [0.29, 0.717) is 34.3 Å². The van der Waals surface area contributed by atoms with Gasteiger partial charge in [-0.25, -0.2) is 4.79 Å². The van der Waals surface area contributed by atoms with Crippen LogP contribution in [0.1, 0.15) is 17.2 Å². The molecule has 33 heavy (non-hydrogen) atoms. The smallest absolute Gasteiger partial charge is 0.416 e. The topological polar surface area (TPSA) is 58.8 Å². The summed E-state index contributed by atoms with van der Waals surface area (Å²) in [5.41, 5.74) is 5.83. The van der Waals surface area contributed by atoms with Crippen LogP contribution in [-0.4, -0.2) is 30.6 Å². The molecule has 2 N–H and O–H groups in total. The Labute approximate surface area is 194 Å². The molecule has 0 aromatic heterocycles. The zero-order valence-electron chi connectivity index (χ0n) is 17.4. The average molecular weight is 476 g/mol. The number of hydrogen-bond donors (Lipinski definition) is 1. The summed E-state index contributed by atoms with van der Waals surface area (Å²) in [6, 6.07) is 17.9. The van der Waals surface area contributed by atoms with Gasteiger partial charge in [0, 0.05) is 30.3 Å². The van der Waals surface area contributed by atoms with Gasteiger partial charge < -0.3 is 15.4 Å². The molecule has 1 unspecified atom stereocenters. The predicted octanol–water partition coefficient (Wildman–Crippen LogP) is 6.09. The highest BCUT2D eigenvalue weighted by Crippen LogP contribution is 2.38. The molecule has 0 aliphatic carbocycles. The van der Waals surface area contributed by atoms with Gasteiger partial charge in [0.15, 0.2) is 0 Å². The van der Waals surface area contributed by atoms with Gasteiger partial charge in [0.1, 0.15) is 11.5 Å². The predicted molar refractivity (Wildman–Crippen MR) is 121 cm³/mol. The second-order valence-corrected chi connectivity index (χ2v) is 8.01. The summed E-state index contributed by atoms with van der Waals surface area (Å²) in [5, 5.41) is 0.591. The molecule has 1 aliphatic rings. The van der Waals surface area contributed by atoms with Crippen molar-refractivity contribution in [2.75, 3.05) is 24.5 Å². The SMILES string of the molecule is NCCN1CC(c2cccc(C(F)(F)F)c2)N(c2ccc(Oc3ccc(Cl)cc3)cc2)C1=O. The van der Waals surface area contributed by atoms with Gasteiger partial charge in [-0.15, -0.1) is 0 Å². The zero-order valence-corrected chi connectivity index (χ0v) is 18.2. The molecule has 0 bridgehead atoms. The molecule has 4 rings (SSSR count). The Balaban J connectivity index is 1.63. The highest BCUT2D eigenvalue weighted by atomic mass is 35.5. The van der Waals surface area contributed by atoms with Crippen molar-refractivity contribution in [3.8, 4) is 11.5 Å². The number of urea groups is 1. The van der Waals surface area contributed by atoms with E-state index in [1.807, 2.05) is 0 Å². The van der Waals surface area contributed by atoms with E-state index in [-0.39, 0.29) is 19.1 Å². The maximum atomic E-state index is 13.3. The van der Waals surface area contributed by atoms with Crippen LogP contribution in [0.3, 0.4) is 0 Å². The fourth-order valence-corrected chi connectivity index (χ4v) is 3.90. The van der Waals surface area contributed by atoms with Crippen molar-refractivity contribution in [1.29, 1.82) is 0 Å². The highest BCUT2D eigenvalue weighted by molar-refractivity contribution is 6.30. The van der Waals surface area contributed by atoms with Crippen LogP contribution in [0.2, 0.25) is 5.02 Å². The minimum absolute atomic E-state index is 0.236. The van der Waals surface area contributed by atoms with Gasteiger partial charge in [-0.1, -0.05) is 23.7 Å². The molecule has 0 radical (unpaired) electrons. The van der Waals surface area contributed by atoms with Crippen LogP contribution in [0.5, 0.6) is 11.5 Å². The third-order valence-electron chi connectivity index (χ3n) is 5.34. The normalized spacial score (nSPS) is 16.4. The number of halogens is 4. The summed E-state index contributed by atoms with van der Waals surface area (Å²) in [6.07, 6.45) is -4.47. The second kappa shape index (κ2) is 9.33. The van der Waals surface area contributed by atoms with E-state index < -0.39 is 17.8 Å². The monoisotopic (exact) mass is 475 g/mol. The minimum atomic E-state index is -4.47.